The van der Waals surface area contributed by atoms with Crippen molar-refractivity contribution >= 4 is 16.9 Å². The molecule has 0 atom stereocenters. The lowest BCUT2D eigenvalue weighted by molar-refractivity contribution is 0.0520. The van der Waals surface area contributed by atoms with E-state index >= 15 is 0 Å². The lowest BCUT2D eigenvalue weighted by Gasteiger charge is -1.96. The Morgan fingerprint density at radius 3 is 3.00 bits per heavy atom. The van der Waals surface area contributed by atoms with Crippen LogP contribution < -0.4 is 0 Å². The minimum absolute atomic E-state index is 0.275. The van der Waals surface area contributed by atoms with E-state index in [1.165, 1.54) is 6.07 Å². The number of ether oxygens (including phenoxy) is 1. The first-order chi connectivity index (χ1) is 7.22. The average Bonchev–Trinajstić information content (AvgIpc) is 2.63. The molecule has 0 aliphatic rings. The number of halogens is 1. The number of esters is 1. The molecule has 2 rings (SSSR count). The lowest BCUT2D eigenvalue weighted by atomic mass is 10.2. The minimum atomic E-state index is -0.465. The summed E-state index contributed by atoms with van der Waals surface area (Å²) in [5, 5.41) is 0.665. The second kappa shape index (κ2) is 3.73. The van der Waals surface area contributed by atoms with Gasteiger partial charge in [-0.2, -0.15) is 0 Å². The molecule has 2 aromatic rings. The third-order valence-electron chi connectivity index (χ3n) is 2.10. The number of carbonyl (C=O) groups excluding carboxylic acids is 1. The zero-order chi connectivity index (χ0) is 10.8. The molecule has 4 heteroatoms. The van der Waals surface area contributed by atoms with Crippen LogP contribution >= 0.6 is 0 Å². The van der Waals surface area contributed by atoms with Crippen molar-refractivity contribution in [2.75, 3.05) is 6.61 Å². The van der Waals surface area contributed by atoms with Crippen molar-refractivity contribution < 1.29 is 13.9 Å². The normalized spacial score (nSPS) is 10.5. The van der Waals surface area contributed by atoms with Gasteiger partial charge in [0.2, 0.25) is 0 Å². The fourth-order valence-corrected chi connectivity index (χ4v) is 1.44. The minimum Gasteiger partial charge on any atom is -0.461 e. The van der Waals surface area contributed by atoms with E-state index in [1.807, 2.05) is 0 Å². The summed E-state index contributed by atoms with van der Waals surface area (Å²) in [5.41, 5.74) is 0.609. The Hall–Kier alpha value is -1.84. The molecule has 1 heterocycles. The van der Waals surface area contributed by atoms with Crippen molar-refractivity contribution in [1.29, 1.82) is 0 Å². The molecular weight excluding hydrogens is 197 g/mol. The summed E-state index contributed by atoms with van der Waals surface area (Å²) in [7, 11) is 0. The van der Waals surface area contributed by atoms with Crippen molar-refractivity contribution in [1.82, 2.24) is 4.98 Å². The fraction of sp³-hybridized carbons (Fsp3) is 0.182. The van der Waals surface area contributed by atoms with Crippen LogP contribution in [-0.4, -0.2) is 17.6 Å². The van der Waals surface area contributed by atoms with Gasteiger partial charge in [-0.15, -0.1) is 0 Å². The highest BCUT2D eigenvalue weighted by atomic mass is 19.1. The Labute approximate surface area is 85.9 Å². The van der Waals surface area contributed by atoms with E-state index in [2.05, 4.69) is 4.98 Å². The number of benzene rings is 1. The average molecular weight is 207 g/mol. The van der Waals surface area contributed by atoms with Crippen molar-refractivity contribution in [2.24, 2.45) is 0 Å². The smallest absolute Gasteiger partial charge is 0.354 e. The maximum atomic E-state index is 13.3. The van der Waals surface area contributed by atoms with Gasteiger partial charge < -0.3 is 9.72 Å². The summed E-state index contributed by atoms with van der Waals surface area (Å²) in [6.07, 6.45) is 0. The third kappa shape index (κ3) is 1.70. The molecule has 1 aromatic carbocycles. The molecule has 0 saturated heterocycles. The van der Waals surface area contributed by atoms with E-state index in [1.54, 1.807) is 25.1 Å². The van der Waals surface area contributed by atoms with E-state index in [9.17, 15) is 9.18 Å². The van der Waals surface area contributed by atoms with Crippen molar-refractivity contribution in [3.05, 3.63) is 35.8 Å². The number of hydrogen-bond donors (Lipinski definition) is 1. The molecule has 1 N–H and O–H groups in total. The van der Waals surface area contributed by atoms with Crippen LogP contribution in [-0.2, 0) is 4.74 Å². The summed E-state index contributed by atoms with van der Waals surface area (Å²) in [6, 6.07) is 6.25. The Bertz CT molecular complexity index is 504. The highest BCUT2D eigenvalue weighted by Crippen LogP contribution is 2.18. The molecule has 0 bridgehead atoms. The quantitative estimate of drug-likeness (QED) is 0.768. The Kier molecular flexibility index (Phi) is 2.41. The molecule has 15 heavy (non-hydrogen) atoms. The number of H-pyrrole nitrogens is 1. The second-order valence-electron chi connectivity index (χ2n) is 3.11. The molecule has 0 saturated carbocycles. The van der Waals surface area contributed by atoms with Gasteiger partial charge in [0.1, 0.15) is 11.5 Å². The number of hydrogen-bond acceptors (Lipinski definition) is 2. The topological polar surface area (TPSA) is 42.1 Å². The first-order valence-electron chi connectivity index (χ1n) is 4.66. The predicted octanol–water partition coefficient (Wildman–Crippen LogP) is 2.48. The van der Waals surface area contributed by atoms with E-state index < -0.39 is 5.97 Å². The molecular formula is C11H10FNO2. The maximum Gasteiger partial charge on any atom is 0.354 e. The standard InChI is InChI=1S/C11H10FNO2/c1-2-15-11(14)9-6-7-4-3-5-8(12)10(7)13-9/h3-6,13H,2H2,1H3. The van der Waals surface area contributed by atoms with Crippen molar-refractivity contribution in [3.8, 4) is 0 Å². The predicted molar refractivity (Wildman–Crippen MR) is 54.2 cm³/mol. The number of fused-ring (bicyclic) bond motifs is 1. The number of nitrogens with one attached hydrogen (secondary N) is 1. The molecule has 0 amide bonds. The Balaban J connectivity index is 2.47. The first kappa shape index (κ1) is 9.71. The lowest BCUT2D eigenvalue weighted by Crippen LogP contribution is -2.04. The van der Waals surface area contributed by atoms with Gasteiger partial charge in [-0.3, -0.25) is 0 Å². The molecule has 0 spiro atoms. The highest BCUT2D eigenvalue weighted by molar-refractivity contribution is 5.94. The molecule has 78 valence electrons. The fourth-order valence-electron chi connectivity index (χ4n) is 1.44. The van der Waals surface area contributed by atoms with Gasteiger partial charge >= 0.3 is 5.97 Å². The number of aromatic amines is 1. The summed E-state index contributed by atoms with van der Waals surface area (Å²) >= 11 is 0. The van der Waals surface area contributed by atoms with E-state index in [-0.39, 0.29) is 11.5 Å². The van der Waals surface area contributed by atoms with Crippen LogP contribution in [0.25, 0.3) is 10.9 Å². The van der Waals surface area contributed by atoms with Crippen molar-refractivity contribution in [2.45, 2.75) is 6.92 Å². The van der Waals surface area contributed by atoms with Gasteiger partial charge in [0.15, 0.2) is 0 Å². The summed E-state index contributed by atoms with van der Waals surface area (Å²) < 4.78 is 18.1. The maximum absolute atomic E-state index is 13.3. The van der Waals surface area contributed by atoms with Crippen molar-refractivity contribution in [3.63, 3.8) is 0 Å². The largest absolute Gasteiger partial charge is 0.461 e. The molecule has 0 unspecified atom stereocenters. The van der Waals surface area contributed by atoms with E-state index in [4.69, 9.17) is 4.74 Å². The van der Waals surface area contributed by atoms with Gasteiger partial charge in [0.25, 0.3) is 0 Å². The van der Waals surface area contributed by atoms with Crippen LogP contribution in [0.15, 0.2) is 24.3 Å². The van der Waals surface area contributed by atoms with Crippen LogP contribution in [0.5, 0.6) is 0 Å². The summed E-state index contributed by atoms with van der Waals surface area (Å²) in [4.78, 5) is 14.0. The SMILES string of the molecule is CCOC(=O)c1cc2cccc(F)c2[nH]1. The van der Waals surface area contributed by atoms with E-state index in [0.29, 0.717) is 17.5 Å². The van der Waals surface area contributed by atoms with Gasteiger partial charge in [0, 0.05) is 5.39 Å². The monoisotopic (exact) mass is 207 g/mol. The molecule has 1 aromatic heterocycles. The highest BCUT2D eigenvalue weighted by Gasteiger charge is 2.11. The number of para-hydroxylation sites is 1. The van der Waals surface area contributed by atoms with Crippen LogP contribution in [0.3, 0.4) is 0 Å². The zero-order valence-corrected chi connectivity index (χ0v) is 8.21. The third-order valence-corrected chi connectivity index (χ3v) is 2.10. The molecule has 0 aliphatic carbocycles. The number of aromatic nitrogens is 1. The van der Waals surface area contributed by atoms with E-state index in [0.717, 1.165) is 0 Å². The van der Waals surface area contributed by atoms with Gasteiger partial charge in [0.05, 0.1) is 12.1 Å². The number of rotatable bonds is 2. The molecule has 0 fully saturated rings. The number of carbonyl (C=O) groups is 1. The Morgan fingerprint density at radius 1 is 1.53 bits per heavy atom. The molecule has 3 nitrogen and oxygen atoms in total. The molecule has 0 aliphatic heterocycles. The van der Waals surface area contributed by atoms with Crippen LogP contribution in [0.2, 0.25) is 0 Å². The first-order valence-corrected chi connectivity index (χ1v) is 4.66. The van der Waals surface area contributed by atoms with Gasteiger partial charge in [-0.1, -0.05) is 12.1 Å². The van der Waals surface area contributed by atoms with Crippen LogP contribution in [0, 0.1) is 5.82 Å². The van der Waals surface area contributed by atoms with Crippen LogP contribution in [0.1, 0.15) is 17.4 Å². The summed E-state index contributed by atoms with van der Waals surface area (Å²) in [5.74, 6) is -0.837. The van der Waals surface area contributed by atoms with Crippen LogP contribution in [0.4, 0.5) is 4.39 Å². The van der Waals surface area contributed by atoms with Gasteiger partial charge in [-0.05, 0) is 19.1 Å². The second-order valence-corrected chi connectivity index (χ2v) is 3.11. The van der Waals surface area contributed by atoms with Gasteiger partial charge in [-0.25, -0.2) is 9.18 Å². The summed E-state index contributed by atoms with van der Waals surface area (Å²) in [6.45, 7) is 2.03. The molecule has 0 radical (unpaired) electrons. The zero-order valence-electron chi connectivity index (χ0n) is 8.21. The Morgan fingerprint density at radius 2 is 2.33 bits per heavy atom.